The van der Waals surface area contributed by atoms with E-state index in [9.17, 15) is 10.1 Å². The fourth-order valence-electron chi connectivity index (χ4n) is 1.00. The summed E-state index contributed by atoms with van der Waals surface area (Å²) in [5.74, 6) is 0. The third kappa shape index (κ3) is 0.857. The number of nitro groups is 1. The fourth-order valence-corrected chi connectivity index (χ4v) is 1.00. The molecule has 12 heavy (non-hydrogen) atoms. The van der Waals surface area contributed by atoms with Crippen LogP contribution in [0.3, 0.4) is 0 Å². The van der Waals surface area contributed by atoms with Gasteiger partial charge in [0.2, 0.25) is 0 Å². The Morgan fingerprint density at radius 1 is 1.67 bits per heavy atom. The molecule has 1 N–H and O–H groups in total. The monoisotopic (exact) mass is 167 g/mol. The molecule has 0 aliphatic carbocycles. The van der Waals surface area contributed by atoms with Crippen molar-refractivity contribution in [3.8, 4) is 0 Å². The van der Waals surface area contributed by atoms with Gasteiger partial charge in [-0.25, -0.2) is 5.48 Å². The summed E-state index contributed by atoms with van der Waals surface area (Å²) >= 11 is 0. The largest absolute Gasteiger partial charge is 0.297 e. The molecule has 2 rings (SSSR count). The van der Waals surface area contributed by atoms with E-state index < -0.39 is 4.92 Å². The lowest BCUT2D eigenvalue weighted by Gasteiger charge is -2.13. The molecule has 2 aliphatic heterocycles. The maximum absolute atomic E-state index is 10.4. The average molecular weight is 167 g/mol. The van der Waals surface area contributed by atoms with Crippen LogP contribution in [0.15, 0.2) is 35.9 Å². The second-order valence-electron chi connectivity index (χ2n) is 2.22. The number of nitrogens with zero attached hydrogens (tertiary/aromatic N) is 2. The van der Waals surface area contributed by atoms with Crippen LogP contribution in [0.5, 0.6) is 0 Å². The molecule has 6 heteroatoms. The van der Waals surface area contributed by atoms with Gasteiger partial charge in [-0.05, 0) is 6.08 Å². The lowest BCUT2D eigenvalue weighted by atomic mass is 10.2. The zero-order valence-electron chi connectivity index (χ0n) is 5.93. The molecule has 0 unspecified atom stereocenters. The van der Waals surface area contributed by atoms with E-state index in [2.05, 4.69) is 5.48 Å². The van der Waals surface area contributed by atoms with Crippen molar-refractivity contribution in [3.05, 3.63) is 46.1 Å². The number of hydroxylamine groups is 3. The third-order valence-electron chi connectivity index (χ3n) is 1.52. The lowest BCUT2D eigenvalue weighted by molar-refractivity contribution is -0.424. The number of nitrogens with one attached hydrogen (secondary N) is 1. The summed E-state index contributed by atoms with van der Waals surface area (Å²) in [5.41, 5.74) is 2.84. The van der Waals surface area contributed by atoms with Gasteiger partial charge in [0.05, 0.1) is 11.1 Å². The van der Waals surface area contributed by atoms with Crippen LogP contribution in [0.1, 0.15) is 0 Å². The Bertz CT molecular complexity index is 318. The molecule has 0 saturated heterocycles. The highest BCUT2D eigenvalue weighted by molar-refractivity contribution is 5.32. The fraction of sp³-hybridized carbons (Fsp3) is 0. The first kappa shape index (κ1) is 6.86. The third-order valence-corrected chi connectivity index (χ3v) is 1.52. The highest BCUT2D eigenvalue weighted by Crippen LogP contribution is 2.22. The molecular formula is C6H5N3O3. The normalized spacial score (nSPS) is 19.5. The molecule has 0 spiro atoms. The van der Waals surface area contributed by atoms with E-state index >= 15 is 0 Å². The van der Waals surface area contributed by atoms with E-state index in [0.29, 0.717) is 5.70 Å². The van der Waals surface area contributed by atoms with Crippen LogP contribution in [0.4, 0.5) is 0 Å². The summed E-state index contributed by atoms with van der Waals surface area (Å²) in [6.07, 6.45) is 5.97. The highest BCUT2D eigenvalue weighted by atomic mass is 16.8. The zero-order valence-corrected chi connectivity index (χ0v) is 5.93. The summed E-state index contributed by atoms with van der Waals surface area (Å²) in [5, 5.41) is 11.7. The Hall–Kier alpha value is -1.82. The van der Waals surface area contributed by atoms with Gasteiger partial charge in [-0.15, -0.1) is 0 Å². The molecule has 0 bridgehead atoms. The first-order valence-corrected chi connectivity index (χ1v) is 3.24. The Balaban J connectivity index is 2.38. The Morgan fingerprint density at radius 2 is 2.50 bits per heavy atom. The summed E-state index contributed by atoms with van der Waals surface area (Å²) < 4.78 is 0. The van der Waals surface area contributed by atoms with Gasteiger partial charge < -0.3 is 0 Å². The van der Waals surface area contributed by atoms with Gasteiger partial charge in [0.25, 0.3) is 5.70 Å². The van der Waals surface area contributed by atoms with E-state index in [-0.39, 0.29) is 5.70 Å². The van der Waals surface area contributed by atoms with Crippen molar-refractivity contribution in [1.82, 2.24) is 10.5 Å². The van der Waals surface area contributed by atoms with Gasteiger partial charge in [0, 0.05) is 12.3 Å². The molecule has 6 nitrogen and oxygen atoms in total. The quantitative estimate of drug-likeness (QED) is 0.448. The average Bonchev–Trinajstić information content (AvgIpc) is 2.49. The van der Waals surface area contributed by atoms with Crippen molar-refractivity contribution in [2.45, 2.75) is 0 Å². The number of hydrogen-bond donors (Lipinski definition) is 1. The van der Waals surface area contributed by atoms with Crippen molar-refractivity contribution in [1.29, 1.82) is 0 Å². The maximum atomic E-state index is 10.4. The Labute approximate surface area is 67.5 Å². The summed E-state index contributed by atoms with van der Waals surface area (Å²) in [6.45, 7) is 0. The number of rotatable bonds is 1. The van der Waals surface area contributed by atoms with Crippen molar-refractivity contribution in [2.24, 2.45) is 0 Å². The van der Waals surface area contributed by atoms with E-state index in [1.807, 2.05) is 0 Å². The van der Waals surface area contributed by atoms with E-state index in [4.69, 9.17) is 4.94 Å². The predicted octanol–water partition coefficient (Wildman–Crippen LogP) is 0.267. The van der Waals surface area contributed by atoms with Crippen molar-refractivity contribution < 1.29 is 9.86 Å². The second-order valence-corrected chi connectivity index (χ2v) is 2.22. The van der Waals surface area contributed by atoms with Crippen LogP contribution < -0.4 is 5.48 Å². The minimum Gasteiger partial charge on any atom is -0.258 e. The number of fused-ring (bicyclic) bond motifs is 1. The van der Waals surface area contributed by atoms with Gasteiger partial charge in [0.1, 0.15) is 0 Å². The molecule has 2 heterocycles. The first-order valence-electron chi connectivity index (χ1n) is 3.24. The zero-order chi connectivity index (χ0) is 8.55. The van der Waals surface area contributed by atoms with E-state index in [1.165, 1.54) is 17.3 Å². The minimum absolute atomic E-state index is 0.0162. The topological polar surface area (TPSA) is 67.6 Å². The standard InChI is InChI=1S/C6H5N3O3/c10-9(11)5-2-1-3-8-6(5)4-7-12-8/h1-4,7H. The molecule has 0 aromatic rings. The van der Waals surface area contributed by atoms with Crippen molar-refractivity contribution >= 4 is 0 Å². The first-order chi connectivity index (χ1) is 5.79. The van der Waals surface area contributed by atoms with E-state index in [0.717, 1.165) is 0 Å². The molecule has 0 amide bonds. The van der Waals surface area contributed by atoms with Crippen LogP contribution in [0.25, 0.3) is 0 Å². The Kier molecular flexibility index (Phi) is 1.34. The molecule has 0 saturated carbocycles. The minimum atomic E-state index is -0.460. The molecule has 0 radical (unpaired) electrons. The van der Waals surface area contributed by atoms with Crippen LogP contribution in [-0.4, -0.2) is 9.99 Å². The lowest BCUT2D eigenvalue weighted by Crippen LogP contribution is -2.19. The van der Waals surface area contributed by atoms with Crippen LogP contribution in [0, 0.1) is 10.1 Å². The van der Waals surface area contributed by atoms with Crippen LogP contribution in [0.2, 0.25) is 0 Å². The van der Waals surface area contributed by atoms with E-state index in [1.54, 1.807) is 12.3 Å². The maximum Gasteiger partial charge on any atom is 0.297 e. The SMILES string of the molecule is O=[N+]([O-])C1=CC=CN2ONC=C12. The smallest absolute Gasteiger partial charge is 0.258 e. The molecule has 0 atom stereocenters. The number of hydrogen-bond acceptors (Lipinski definition) is 5. The molecule has 2 aliphatic rings. The second kappa shape index (κ2) is 2.35. The molecular weight excluding hydrogens is 162 g/mol. The number of allylic oxidation sites excluding steroid dienone is 2. The van der Waals surface area contributed by atoms with Gasteiger partial charge in [-0.3, -0.25) is 10.1 Å². The molecule has 62 valence electrons. The van der Waals surface area contributed by atoms with Gasteiger partial charge in [0.15, 0.2) is 5.70 Å². The van der Waals surface area contributed by atoms with Crippen LogP contribution >= 0.6 is 0 Å². The highest BCUT2D eigenvalue weighted by Gasteiger charge is 2.28. The van der Waals surface area contributed by atoms with Gasteiger partial charge in [-0.2, -0.15) is 10.0 Å². The molecule has 0 aromatic heterocycles. The summed E-state index contributed by atoms with van der Waals surface area (Å²) in [7, 11) is 0. The van der Waals surface area contributed by atoms with Crippen molar-refractivity contribution in [3.63, 3.8) is 0 Å². The predicted molar refractivity (Wildman–Crippen MR) is 38.4 cm³/mol. The van der Waals surface area contributed by atoms with Crippen LogP contribution in [-0.2, 0) is 4.94 Å². The van der Waals surface area contributed by atoms with Gasteiger partial charge >= 0.3 is 0 Å². The summed E-state index contributed by atoms with van der Waals surface area (Å²) in [4.78, 5) is 14.8. The molecule has 0 aromatic carbocycles. The Morgan fingerprint density at radius 3 is 3.25 bits per heavy atom. The van der Waals surface area contributed by atoms with Gasteiger partial charge in [-0.1, -0.05) is 0 Å². The molecule has 0 fully saturated rings. The van der Waals surface area contributed by atoms with Crippen molar-refractivity contribution in [2.75, 3.05) is 0 Å². The summed E-state index contributed by atoms with van der Waals surface area (Å²) in [6, 6.07) is 0.